The van der Waals surface area contributed by atoms with E-state index in [4.69, 9.17) is 9.84 Å². The predicted octanol–water partition coefficient (Wildman–Crippen LogP) is 2.88. The van der Waals surface area contributed by atoms with Crippen molar-refractivity contribution in [1.29, 1.82) is 0 Å². The van der Waals surface area contributed by atoms with E-state index in [0.29, 0.717) is 5.92 Å². The maximum atomic E-state index is 11.0. The molecule has 1 aliphatic heterocycles. The van der Waals surface area contributed by atoms with Crippen LogP contribution >= 0.6 is 0 Å². The fraction of sp³-hybridized carbons (Fsp3) is 0.611. The molecule has 0 amide bonds. The third-order valence-electron chi connectivity index (χ3n) is 5.04. The zero-order valence-corrected chi connectivity index (χ0v) is 13.0. The molecule has 1 heterocycles. The number of carboxylic acid groups (broad SMARTS) is 1. The number of benzene rings is 1. The van der Waals surface area contributed by atoms with Gasteiger partial charge in [0, 0.05) is 19.6 Å². The molecule has 3 rings (SSSR count). The summed E-state index contributed by atoms with van der Waals surface area (Å²) in [7, 11) is 0. The number of carbonyl (C=O) groups is 1. The summed E-state index contributed by atoms with van der Waals surface area (Å²) in [6, 6.07) is 8.94. The highest BCUT2D eigenvalue weighted by Gasteiger charge is 2.26. The summed E-state index contributed by atoms with van der Waals surface area (Å²) in [5, 5.41) is 9.07. The third kappa shape index (κ3) is 3.87. The lowest BCUT2D eigenvalue weighted by Crippen LogP contribution is -2.35. The highest BCUT2D eigenvalue weighted by atomic mass is 16.5. The fourth-order valence-corrected chi connectivity index (χ4v) is 3.59. The summed E-state index contributed by atoms with van der Waals surface area (Å²) < 4.78 is 5.38. The molecule has 1 aliphatic carbocycles. The highest BCUT2D eigenvalue weighted by Crippen LogP contribution is 2.35. The Balaban J connectivity index is 1.54. The summed E-state index contributed by atoms with van der Waals surface area (Å²) in [5.74, 6) is -0.218. The minimum atomic E-state index is -0.626. The Morgan fingerprint density at radius 3 is 2.32 bits per heavy atom. The molecule has 0 atom stereocenters. The van der Waals surface area contributed by atoms with Crippen molar-refractivity contribution in [2.75, 3.05) is 26.3 Å². The maximum absolute atomic E-state index is 11.0. The van der Waals surface area contributed by atoms with Crippen molar-refractivity contribution in [3.63, 3.8) is 0 Å². The van der Waals surface area contributed by atoms with Gasteiger partial charge >= 0.3 is 5.97 Å². The molecule has 22 heavy (non-hydrogen) atoms. The van der Waals surface area contributed by atoms with Crippen LogP contribution in [0, 0.1) is 5.92 Å². The summed E-state index contributed by atoms with van der Waals surface area (Å²) in [6.07, 6.45) is 3.63. The molecule has 0 spiro atoms. The average Bonchev–Trinajstić information content (AvgIpc) is 2.57. The molecule has 120 valence electrons. The van der Waals surface area contributed by atoms with Gasteiger partial charge in [0.15, 0.2) is 0 Å². The molecule has 0 aromatic heterocycles. The summed E-state index contributed by atoms with van der Waals surface area (Å²) in [4.78, 5) is 13.4. The van der Waals surface area contributed by atoms with Gasteiger partial charge in [0.25, 0.3) is 0 Å². The highest BCUT2D eigenvalue weighted by molar-refractivity contribution is 5.70. The Kier molecular flexibility index (Phi) is 5.11. The standard InChI is InChI=1S/C18H25NO3/c20-18(21)17-7-5-16(6-8-17)15-3-1-14(2-4-15)13-19-9-11-22-12-10-19/h1-4,16-17H,5-13H2,(H,20,21). The SMILES string of the molecule is O=C(O)C1CCC(c2ccc(CN3CCOCC3)cc2)CC1. The zero-order valence-electron chi connectivity index (χ0n) is 13.0. The van der Waals surface area contributed by atoms with E-state index in [0.717, 1.165) is 58.5 Å². The first-order chi connectivity index (χ1) is 10.7. The van der Waals surface area contributed by atoms with Crippen LogP contribution < -0.4 is 0 Å². The van der Waals surface area contributed by atoms with E-state index in [-0.39, 0.29) is 5.92 Å². The molecule has 0 unspecified atom stereocenters. The number of rotatable bonds is 4. The number of aliphatic carboxylic acids is 1. The molecule has 1 saturated carbocycles. The van der Waals surface area contributed by atoms with Gasteiger partial charge < -0.3 is 9.84 Å². The van der Waals surface area contributed by atoms with Crippen LogP contribution in [0.25, 0.3) is 0 Å². The lowest BCUT2D eigenvalue weighted by Gasteiger charge is -2.28. The smallest absolute Gasteiger partial charge is 0.306 e. The zero-order chi connectivity index (χ0) is 15.4. The minimum Gasteiger partial charge on any atom is -0.481 e. The average molecular weight is 303 g/mol. The Morgan fingerprint density at radius 1 is 1.09 bits per heavy atom. The Bertz CT molecular complexity index is 486. The Labute approximate surface area is 132 Å². The van der Waals surface area contributed by atoms with Crippen LogP contribution in [0.15, 0.2) is 24.3 Å². The second-order valence-corrected chi connectivity index (χ2v) is 6.52. The molecule has 2 fully saturated rings. The minimum absolute atomic E-state index is 0.128. The second kappa shape index (κ2) is 7.25. The van der Waals surface area contributed by atoms with Crippen LogP contribution in [0.2, 0.25) is 0 Å². The van der Waals surface area contributed by atoms with E-state index in [9.17, 15) is 4.79 Å². The van der Waals surface area contributed by atoms with Gasteiger partial charge in [-0.1, -0.05) is 24.3 Å². The number of nitrogens with zero attached hydrogens (tertiary/aromatic N) is 1. The van der Waals surface area contributed by atoms with Crippen LogP contribution in [-0.4, -0.2) is 42.3 Å². The van der Waals surface area contributed by atoms with Crippen LogP contribution in [0.5, 0.6) is 0 Å². The van der Waals surface area contributed by atoms with Crippen molar-refractivity contribution >= 4 is 5.97 Å². The van der Waals surface area contributed by atoms with Crippen LogP contribution in [0.4, 0.5) is 0 Å². The molecule has 0 bridgehead atoms. The van der Waals surface area contributed by atoms with Crippen molar-refractivity contribution in [2.45, 2.75) is 38.1 Å². The lowest BCUT2D eigenvalue weighted by molar-refractivity contribution is -0.142. The predicted molar refractivity (Wildman–Crippen MR) is 84.9 cm³/mol. The van der Waals surface area contributed by atoms with Gasteiger partial charge in [-0.05, 0) is 42.7 Å². The summed E-state index contributed by atoms with van der Waals surface area (Å²) in [5.41, 5.74) is 2.72. The molecule has 4 nitrogen and oxygen atoms in total. The molecular formula is C18H25NO3. The lowest BCUT2D eigenvalue weighted by atomic mass is 9.78. The van der Waals surface area contributed by atoms with Crippen LogP contribution in [-0.2, 0) is 16.1 Å². The van der Waals surface area contributed by atoms with Gasteiger partial charge in [-0.2, -0.15) is 0 Å². The van der Waals surface area contributed by atoms with E-state index in [1.54, 1.807) is 0 Å². The second-order valence-electron chi connectivity index (χ2n) is 6.52. The van der Waals surface area contributed by atoms with Crippen molar-refractivity contribution in [3.05, 3.63) is 35.4 Å². The van der Waals surface area contributed by atoms with Gasteiger partial charge in [0.05, 0.1) is 19.1 Å². The van der Waals surface area contributed by atoms with E-state index in [1.165, 1.54) is 11.1 Å². The number of hydrogen-bond acceptors (Lipinski definition) is 3. The largest absolute Gasteiger partial charge is 0.481 e. The number of hydrogen-bond donors (Lipinski definition) is 1. The first-order valence-corrected chi connectivity index (χ1v) is 8.34. The van der Waals surface area contributed by atoms with Crippen molar-refractivity contribution in [2.24, 2.45) is 5.92 Å². The molecule has 1 N–H and O–H groups in total. The fourth-order valence-electron chi connectivity index (χ4n) is 3.59. The van der Waals surface area contributed by atoms with Gasteiger partial charge in [-0.15, -0.1) is 0 Å². The molecule has 1 aromatic rings. The van der Waals surface area contributed by atoms with Crippen LogP contribution in [0.3, 0.4) is 0 Å². The van der Waals surface area contributed by atoms with E-state index in [1.807, 2.05) is 0 Å². The van der Waals surface area contributed by atoms with Crippen molar-refractivity contribution in [1.82, 2.24) is 4.90 Å². The van der Waals surface area contributed by atoms with Crippen molar-refractivity contribution in [3.8, 4) is 0 Å². The van der Waals surface area contributed by atoms with Crippen molar-refractivity contribution < 1.29 is 14.6 Å². The molecule has 4 heteroatoms. The van der Waals surface area contributed by atoms with E-state index < -0.39 is 5.97 Å². The molecule has 0 radical (unpaired) electrons. The monoisotopic (exact) mass is 303 g/mol. The first-order valence-electron chi connectivity index (χ1n) is 8.34. The maximum Gasteiger partial charge on any atom is 0.306 e. The van der Waals surface area contributed by atoms with Gasteiger partial charge in [0.1, 0.15) is 0 Å². The Hall–Kier alpha value is -1.39. The van der Waals surface area contributed by atoms with Crippen LogP contribution in [0.1, 0.15) is 42.7 Å². The Morgan fingerprint density at radius 2 is 1.73 bits per heavy atom. The number of carboxylic acids is 1. The molecule has 1 saturated heterocycles. The normalized spacial score (nSPS) is 26.7. The van der Waals surface area contributed by atoms with Gasteiger partial charge in [0.2, 0.25) is 0 Å². The summed E-state index contributed by atoms with van der Waals surface area (Å²) >= 11 is 0. The summed E-state index contributed by atoms with van der Waals surface area (Å²) in [6.45, 7) is 4.70. The molecular weight excluding hydrogens is 278 g/mol. The molecule has 1 aromatic carbocycles. The topological polar surface area (TPSA) is 49.8 Å². The third-order valence-corrected chi connectivity index (χ3v) is 5.04. The quantitative estimate of drug-likeness (QED) is 0.929. The van der Waals surface area contributed by atoms with E-state index in [2.05, 4.69) is 29.2 Å². The van der Waals surface area contributed by atoms with Gasteiger partial charge in [-0.3, -0.25) is 9.69 Å². The van der Waals surface area contributed by atoms with E-state index >= 15 is 0 Å². The molecule has 2 aliphatic rings. The first kappa shape index (κ1) is 15.5. The number of morpholine rings is 1. The number of ether oxygens (including phenoxy) is 1. The van der Waals surface area contributed by atoms with Gasteiger partial charge in [-0.25, -0.2) is 0 Å².